The molecule has 2 N–H and O–H groups in total. The third kappa shape index (κ3) is 3.74. The van der Waals surface area contributed by atoms with Gasteiger partial charge in [0.2, 0.25) is 0 Å². The van der Waals surface area contributed by atoms with Crippen LogP contribution in [0.2, 0.25) is 10.0 Å². The van der Waals surface area contributed by atoms with E-state index in [2.05, 4.69) is 36.5 Å². The number of nitrogens with zero attached hydrogens (tertiary/aromatic N) is 3. The Morgan fingerprint density at radius 2 is 2.04 bits per heavy atom. The number of benzene rings is 1. The summed E-state index contributed by atoms with van der Waals surface area (Å²) in [7, 11) is 0. The Morgan fingerprint density at radius 3 is 2.70 bits per heavy atom. The molecule has 1 amide bonds. The summed E-state index contributed by atoms with van der Waals surface area (Å²) in [5.74, 6) is -0.0971. The van der Waals surface area contributed by atoms with Crippen molar-refractivity contribution in [2.75, 3.05) is 5.32 Å². The van der Waals surface area contributed by atoms with E-state index in [4.69, 9.17) is 23.2 Å². The average molecular weight is 415 g/mol. The number of aromatic nitrogens is 4. The van der Waals surface area contributed by atoms with Crippen molar-refractivity contribution >= 4 is 50.9 Å². The second-order valence-electron chi connectivity index (χ2n) is 4.70. The quantitative estimate of drug-likeness (QED) is 0.677. The molecule has 3 aromatic rings. The van der Waals surface area contributed by atoms with Crippen LogP contribution in [0.5, 0.6) is 0 Å². The molecule has 1 aromatic carbocycles. The van der Waals surface area contributed by atoms with E-state index in [-0.39, 0.29) is 11.7 Å². The second-order valence-corrected chi connectivity index (χ2v) is 6.39. The highest BCUT2D eigenvalue weighted by Gasteiger charge is 2.16. The van der Waals surface area contributed by atoms with E-state index in [0.717, 1.165) is 5.56 Å². The molecule has 6 nitrogen and oxygen atoms in total. The topological polar surface area (TPSA) is 75.6 Å². The normalized spacial score (nSPS) is 10.7. The van der Waals surface area contributed by atoms with Gasteiger partial charge in [-0.25, -0.2) is 0 Å². The molecule has 23 heavy (non-hydrogen) atoms. The molecule has 0 radical (unpaired) electrons. The third-order valence-electron chi connectivity index (χ3n) is 3.03. The summed E-state index contributed by atoms with van der Waals surface area (Å²) in [6, 6.07) is 7.41. The fourth-order valence-electron chi connectivity index (χ4n) is 1.94. The van der Waals surface area contributed by atoms with Crippen LogP contribution >= 0.6 is 39.1 Å². The molecule has 9 heteroatoms. The molecule has 2 heterocycles. The smallest absolute Gasteiger partial charge is 0.276 e. The van der Waals surface area contributed by atoms with Gasteiger partial charge in [-0.05, 0) is 33.6 Å². The molecule has 0 aliphatic rings. The Bertz CT molecular complexity index is 843. The second kappa shape index (κ2) is 6.74. The standard InChI is InChI=1S/C14H10BrCl2N5O/c15-10-5-18-20-12(10)14(23)19-13-11(17)7-22(21-13)6-8-1-3-9(16)4-2-8/h1-5,7H,6H2,(H,18,20)(H,19,21,23). The number of nitrogens with one attached hydrogen (secondary N) is 2. The third-order valence-corrected chi connectivity index (χ3v) is 4.16. The molecule has 0 unspecified atom stereocenters. The van der Waals surface area contributed by atoms with E-state index < -0.39 is 0 Å². The van der Waals surface area contributed by atoms with Gasteiger partial charge in [-0.1, -0.05) is 35.3 Å². The highest BCUT2D eigenvalue weighted by molar-refractivity contribution is 9.10. The van der Waals surface area contributed by atoms with Crippen molar-refractivity contribution in [1.29, 1.82) is 0 Å². The molecule has 0 aliphatic carbocycles. The number of carbonyl (C=O) groups is 1. The molecule has 0 fully saturated rings. The first-order valence-electron chi connectivity index (χ1n) is 6.50. The summed E-state index contributed by atoms with van der Waals surface area (Å²) in [6.45, 7) is 0.514. The maximum Gasteiger partial charge on any atom is 0.276 e. The van der Waals surface area contributed by atoms with Gasteiger partial charge in [0.05, 0.1) is 17.2 Å². The Labute approximate surface area is 149 Å². The van der Waals surface area contributed by atoms with Crippen molar-refractivity contribution in [3.63, 3.8) is 0 Å². The lowest BCUT2D eigenvalue weighted by atomic mass is 10.2. The number of rotatable bonds is 4. The van der Waals surface area contributed by atoms with Crippen molar-refractivity contribution < 1.29 is 4.79 Å². The van der Waals surface area contributed by atoms with Crippen molar-refractivity contribution in [3.8, 4) is 0 Å². The Kier molecular flexibility index (Phi) is 4.70. The highest BCUT2D eigenvalue weighted by atomic mass is 79.9. The summed E-state index contributed by atoms with van der Waals surface area (Å²) in [4.78, 5) is 12.1. The largest absolute Gasteiger partial charge is 0.302 e. The van der Waals surface area contributed by atoms with Crippen molar-refractivity contribution in [2.45, 2.75) is 6.54 Å². The molecule has 118 valence electrons. The molecule has 0 atom stereocenters. The molecule has 0 saturated heterocycles. The number of carbonyl (C=O) groups excluding carboxylic acids is 1. The van der Waals surface area contributed by atoms with Gasteiger partial charge in [-0.15, -0.1) is 0 Å². The van der Waals surface area contributed by atoms with Crippen molar-refractivity contribution in [3.05, 3.63) is 62.4 Å². The van der Waals surface area contributed by atoms with E-state index in [1.165, 1.54) is 6.20 Å². The zero-order chi connectivity index (χ0) is 16.4. The predicted octanol–water partition coefficient (Wildman–Crippen LogP) is 3.98. The SMILES string of the molecule is O=C(Nc1nn(Cc2ccc(Cl)cc2)cc1Cl)c1[nH]ncc1Br. The van der Waals surface area contributed by atoms with Crippen LogP contribution in [-0.2, 0) is 6.54 Å². The number of hydrogen-bond acceptors (Lipinski definition) is 3. The van der Waals surface area contributed by atoms with Crippen LogP contribution < -0.4 is 5.32 Å². The number of aromatic amines is 1. The Hall–Kier alpha value is -1.83. The van der Waals surface area contributed by atoms with Gasteiger partial charge in [0.15, 0.2) is 5.82 Å². The Morgan fingerprint density at radius 1 is 1.30 bits per heavy atom. The first-order chi connectivity index (χ1) is 11.0. The fraction of sp³-hybridized carbons (Fsp3) is 0.0714. The zero-order valence-electron chi connectivity index (χ0n) is 11.6. The molecular formula is C14H10BrCl2N5O. The molecule has 0 saturated carbocycles. The molecule has 3 rings (SSSR count). The number of H-pyrrole nitrogens is 1. The van der Waals surface area contributed by atoms with Gasteiger partial charge >= 0.3 is 0 Å². The number of anilines is 1. The maximum absolute atomic E-state index is 12.1. The van der Waals surface area contributed by atoms with Gasteiger partial charge in [0.1, 0.15) is 10.7 Å². The van der Waals surface area contributed by atoms with Crippen molar-refractivity contribution in [2.24, 2.45) is 0 Å². The average Bonchev–Trinajstić information content (AvgIpc) is 3.08. The van der Waals surface area contributed by atoms with E-state index in [0.29, 0.717) is 26.8 Å². The van der Waals surface area contributed by atoms with Crippen LogP contribution in [0.25, 0.3) is 0 Å². The van der Waals surface area contributed by atoms with Crippen LogP contribution in [0, 0.1) is 0 Å². The summed E-state index contributed by atoms with van der Waals surface area (Å²) >= 11 is 15.2. The van der Waals surface area contributed by atoms with E-state index >= 15 is 0 Å². The maximum atomic E-state index is 12.1. The minimum absolute atomic E-state index is 0.284. The zero-order valence-corrected chi connectivity index (χ0v) is 14.7. The first-order valence-corrected chi connectivity index (χ1v) is 8.05. The van der Waals surface area contributed by atoms with Crippen molar-refractivity contribution in [1.82, 2.24) is 20.0 Å². The summed E-state index contributed by atoms with van der Waals surface area (Å²) in [6.07, 6.45) is 3.14. The van der Waals surface area contributed by atoms with E-state index in [1.54, 1.807) is 23.0 Å². The summed E-state index contributed by atoms with van der Waals surface area (Å²) < 4.78 is 2.20. The minimum atomic E-state index is -0.381. The van der Waals surface area contributed by atoms with Gasteiger partial charge in [-0.2, -0.15) is 10.2 Å². The molecular weight excluding hydrogens is 405 g/mol. The number of hydrogen-bond donors (Lipinski definition) is 2. The lowest BCUT2D eigenvalue weighted by Gasteiger charge is -2.02. The first kappa shape index (κ1) is 16.0. The summed E-state index contributed by atoms with van der Waals surface area (Å²) in [5, 5.41) is 14.3. The van der Waals surface area contributed by atoms with Gasteiger partial charge < -0.3 is 5.32 Å². The molecule has 2 aromatic heterocycles. The van der Waals surface area contributed by atoms with Gasteiger partial charge in [-0.3, -0.25) is 14.6 Å². The number of halogens is 3. The summed E-state index contributed by atoms with van der Waals surface area (Å²) in [5.41, 5.74) is 1.32. The van der Waals surface area contributed by atoms with Crippen LogP contribution in [0.15, 0.2) is 41.1 Å². The monoisotopic (exact) mass is 413 g/mol. The van der Waals surface area contributed by atoms with Crippen LogP contribution in [0.3, 0.4) is 0 Å². The minimum Gasteiger partial charge on any atom is -0.302 e. The van der Waals surface area contributed by atoms with Crippen LogP contribution in [0.4, 0.5) is 5.82 Å². The lowest BCUT2D eigenvalue weighted by molar-refractivity contribution is 0.102. The predicted molar refractivity (Wildman–Crippen MR) is 92.0 cm³/mol. The van der Waals surface area contributed by atoms with E-state index in [9.17, 15) is 4.79 Å². The van der Waals surface area contributed by atoms with Gasteiger partial charge in [0.25, 0.3) is 5.91 Å². The lowest BCUT2D eigenvalue weighted by Crippen LogP contribution is -2.14. The van der Waals surface area contributed by atoms with Crippen LogP contribution in [0.1, 0.15) is 16.1 Å². The Balaban J connectivity index is 1.74. The fourth-order valence-corrected chi connectivity index (χ4v) is 2.64. The molecule has 0 bridgehead atoms. The molecule has 0 aliphatic heterocycles. The number of amides is 1. The molecule has 0 spiro atoms. The highest BCUT2D eigenvalue weighted by Crippen LogP contribution is 2.22. The van der Waals surface area contributed by atoms with E-state index in [1.807, 2.05) is 12.1 Å². The van der Waals surface area contributed by atoms with Crippen LogP contribution in [-0.4, -0.2) is 25.9 Å². The van der Waals surface area contributed by atoms with Gasteiger partial charge in [0, 0.05) is 11.2 Å².